The van der Waals surface area contributed by atoms with Crippen LogP contribution in [0.5, 0.6) is 5.75 Å². The number of carboxylic acids is 1. The average molecular weight is 343 g/mol. The molecule has 0 bridgehead atoms. The molecule has 0 aromatic heterocycles. The fraction of sp³-hybridized carbons (Fsp3) is 0.263. The van der Waals surface area contributed by atoms with Crippen molar-refractivity contribution in [3.05, 3.63) is 65.7 Å². The Balaban J connectivity index is 1.93. The second-order valence-corrected chi connectivity index (χ2v) is 5.70. The molecule has 0 aliphatic carbocycles. The van der Waals surface area contributed by atoms with E-state index in [4.69, 9.17) is 4.74 Å². The number of hydrogen-bond donors (Lipinski definition) is 3. The molecule has 0 unspecified atom stereocenters. The van der Waals surface area contributed by atoms with Gasteiger partial charge in [0, 0.05) is 6.42 Å². The number of aliphatic carboxylic acids is 1. The van der Waals surface area contributed by atoms with Gasteiger partial charge in [0.25, 0.3) is 0 Å². The molecule has 6 nitrogen and oxygen atoms in total. The summed E-state index contributed by atoms with van der Waals surface area (Å²) in [5, 5.41) is 20.7. The summed E-state index contributed by atoms with van der Waals surface area (Å²) >= 11 is 0. The van der Waals surface area contributed by atoms with Crippen LogP contribution in [-0.2, 0) is 22.6 Å². The summed E-state index contributed by atoms with van der Waals surface area (Å²) < 4.78 is 5.68. The van der Waals surface area contributed by atoms with E-state index < -0.39 is 24.0 Å². The number of carboxylic acid groups (broad SMARTS) is 1. The molecule has 2 rings (SSSR count). The number of aliphatic hydroxyl groups excluding tert-OH is 1. The Kier molecular flexibility index (Phi) is 6.54. The van der Waals surface area contributed by atoms with Gasteiger partial charge < -0.3 is 20.3 Å². The van der Waals surface area contributed by atoms with Gasteiger partial charge in [0.15, 0.2) is 0 Å². The quantitative estimate of drug-likeness (QED) is 0.679. The molecule has 0 heterocycles. The van der Waals surface area contributed by atoms with E-state index in [1.54, 1.807) is 24.3 Å². The molecule has 2 atom stereocenters. The largest absolute Gasteiger partial charge is 0.489 e. The van der Waals surface area contributed by atoms with Crippen LogP contribution in [0.15, 0.2) is 54.6 Å². The van der Waals surface area contributed by atoms with E-state index in [1.165, 1.54) is 6.92 Å². The van der Waals surface area contributed by atoms with E-state index in [1.807, 2.05) is 30.3 Å². The van der Waals surface area contributed by atoms with Crippen LogP contribution in [0.2, 0.25) is 0 Å². The predicted molar refractivity (Wildman–Crippen MR) is 92.2 cm³/mol. The molecule has 0 fully saturated rings. The Morgan fingerprint density at radius 1 is 1.04 bits per heavy atom. The Labute approximate surface area is 146 Å². The van der Waals surface area contributed by atoms with Crippen molar-refractivity contribution >= 4 is 11.9 Å². The number of rotatable bonds is 8. The van der Waals surface area contributed by atoms with Crippen LogP contribution in [0.25, 0.3) is 0 Å². The van der Waals surface area contributed by atoms with Crippen molar-refractivity contribution in [2.24, 2.45) is 0 Å². The minimum Gasteiger partial charge on any atom is -0.489 e. The van der Waals surface area contributed by atoms with E-state index in [2.05, 4.69) is 5.32 Å². The van der Waals surface area contributed by atoms with Crippen LogP contribution < -0.4 is 10.1 Å². The van der Waals surface area contributed by atoms with Crippen molar-refractivity contribution in [3.8, 4) is 5.75 Å². The molecule has 2 aromatic rings. The second kappa shape index (κ2) is 8.84. The number of hydrogen-bond acceptors (Lipinski definition) is 4. The number of ether oxygens (including phenoxy) is 1. The lowest BCUT2D eigenvalue weighted by Gasteiger charge is -2.16. The van der Waals surface area contributed by atoms with Gasteiger partial charge in [0.1, 0.15) is 24.5 Å². The van der Waals surface area contributed by atoms with Crippen LogP contribution in [0.4, 0.5) is 0 Å². The predicted octanol–water partition coefficient (Wildman–Crippen LogP) is 1.76. The lowest BCUT2D eigenvalue weighted by molar-refractivity contribution is -0.143. The maximum absolute atomic E-state index is 11.5. The first-order valence-electron chi connectivity index (χ1n) is 7.92. The molecular weight excluding hydrogens is 322 g/mol. The molecule has 132 valence electrons. The molecule has 0 saturated carbocycles. The first-order chi connectivity index (χ1) is 12.0. The fourth-order valence-electron chi connectivity index (χ4n) is 2.19. The van der Waals surface area contributed by atoms with Gasteiger partial charge in [-0.05, 0) is 30.2 Å². The molecule has 0 aliphatic rings. The van der Waals surface area contributed by atoms with Gasteiger partial charge in [-0.1, -0.05) is 42.5 Å². The topological polar surface area (TPSA) is 95.9 Å². The summed E-state index contributed by atoms with van der Waals surface area (Å²) in [6.07, 6.45) is -1.14. The highest BCUT2D eigenvalue weighted by atomic mass is 16.5. The molecule has 0 spiro atoms. The summed E-state index contributed by atoms with van der Waals surface area (Å²) in [7, 11) is 0. The molecule has 0 saturated heterocycles. The highest BCUT2D eigenvalue weighted by Gasteiger charge is 2.22. The summed E-state index contributed by atoms with van der Waals surface area (Å²) in [6.45, 7) is 1.73. The molecular formula is C19H21NO5. The van der Waals surface area contributed by atoms with E-state index in [9.17, 15) is 19.8 Å². The minimum atomic E-state index is -1.25. The Morgan fingerprint density at radius 3 is 2.24 bits per heavy atom. The number of benzene rings is 2. The lowest BCUT2D eigenvalue weighted by atomic mass is 10.1. The first-order valence-corrected chi connectivity index (χ1v) is 7.92. The van der Waals surface area contributed by atoms with E-state index in [0.29, 0.717) is 12.4 Å². The van der Waals surface area contributed by atoms with Gasteiger partial charge in [0.2, 0.25) is 5.91 Å². The van der Waals surface area contributed by atoms with Crippen molar-refractivity contribution in [2.45, 2.75) is 32.1 Å². The van der Waals surface area contributed by atoms with Crippen LogP contribution in [0, 0.1) is 0 Å². The lowest BCUT2D eigenvalue weighted by Crippen LogP contribution is -2.45. The summed E-state index contributed by atoms with van der Waals surface area (Å²) in [4.78, 5) is 22.7. The van der Waals surface area contributed by atoms with Gasteiger partial charge >= 0.3 is 5.97 Å². The van der Waals surface area contributed by atoms with Gasteiger partial charge in [0.05, 0.1) is 0 Å². The Morgan fingerprint density at radius 2 is 1.68 bits per heavy atom. The summed E-state index contributed by atoms with van der Waals surface area (Å²) in [5.74, 6) is -1.19. The van der Waals surface area contributed by atoms with Crippen molar-refractivity contribution in [1.29, 1.82) is 0 Å². The molecule has 1 amide bonds. The molecule has 25 heavy (non-hydrogen) atoms. The molecule has 0 radical (unpaired) electrons. The van der Waals surface area contributed by atoms with Crippen molar-refractivity contribution in [1.82, 2.24) is 5.32 Å². The highest BCUT2D eigenvalue weighted by Crippen LogP contribution is 2.15. The van der Waals surface area contributed by atoms with Crippen LogP contribution >= 0.6 is 0 Å². The smallest absolute Gasteiger partial charge is 0.326 e. The van der Waals surface area contributed by atoms with E-state index in [0.717, 1.165) is 11.1 Å². The zero-order chi connectivity index (χ0) is 18.2. The zero-order valence-electron chi connectivity index (χ0n) is 13.9. The standard InChI is InChI=1S/C19H21NO5/c1-13(21)18(22)20-17(19(23)24)11-14-7-9-16(10-8-14)25-12-15-5-3-2-4-6-15/h2-10,13,17,21H,11-12H2,1H3,(H,20,22)(H,23,24)/t13-,17+/m0/s1. The number of aliphatic hydroxyl groups is 1. The van der Waals surface area contributed by atoms with Crippen LogP contribution in [-0.4, -0.2) is 34.2 Å². The number of nitrogens with one attached hydrogen (secondary N) is 1. The third-order valence-corrected chi connectivity index (χ3v) is 3.61. The van der Waals surface area contributed by atoms with Crippen LogP contribution in [0.1, 0.15) is 18.1 Å². The third-order valence-electron chi connectivity index (χ3n) is 3.61. The fourth-order valence-corrected chi connectivity index (χ4v) is 2.19. The van der Waals surface area contributed by atoms with Crippen molar-refractivity contribution < 1.29 is 24.5 Å². The molecule has 6 heteroatoms. The Bertz CT molecular complexity index is 698. The van der Waals surface area contributed by atoms with Gasteiger partial charge in [-0.3, -0.25) is 4.79 Å². The van der Waals surface area contributed by atoms with Crippen LogP contribution in [0.3, 0.4) is 0 Å². The highest BCUT2D eigenvalue weighted by molar-refractivity contribution is 5.86. The number of carbonyl (C=O) groups excluding carboxylic acids is 1. The third kappa shape index (κ3) is 5.93. The summed E-state index contributed by atoms with van der Waals surface area (Å²) in [6, 6.07) is 15.7. The Hall–Kier alpha value is -2.86. The van der Waals surface area contributed by atoms with E-state index >= 15 is 0 Å². The van der Waals surface area contributed by atoms with Crippen molar-refractivity contribution in [3.63, 3.8) is 0 Å². The second-order valence-electron chi connectivity index (χ2n) is 5.70. The zero-order valence-corrected chi connectivity index (χ0v) is 13.9. The maximum atomic E-state index is 11.5. The average Bonchev–Trinajstić information content (AvgIpc) is 2.61. The summed E-state index contributed by atoms with van der Waals surface area (Å²) in [5.41, 5.74) is 1.80. The SMILES string of the molecule is C[C@H](O)C(=O)N[C@H](Cc1ccc(OCc2ccccc2)cc1)C(=O)O. The maximum Gasteiger partial charge on any atom is 0.326 e. The number of amides is 1. The number of carbonyl (C=O) groups is 2. The van der Waals surface area contributed by atoms with Gasteiger partial charge in [-0.15, -0.1) is 0 Å². The van der Waals surface area contributed by atoms with Crippen molar-refractivity contribution in [2.75, 3.05) is 0 Å². The van der Waals surface area contributed by atoms with E-state index in [-0.39, 0.29) is 6.42 Å². The van der Waals surface area contributed by atoms with Gasteiger partial charge in [-0.25, -0.2) is 4.79 Å². The molecule has 0 aliphatic heterocycles. The first kappa shape index (κ1) is 18.5. The minimum absolute atomic E-state index is 0.118. The monoisotopic (exact) mass is 343 g/mol. The van der Waals surface area contributed by atoms with Gasteiger partial charge in [-0.2, -0.15) is 0 Å². The normalized spacial score (nSPS) is 12.9. The molecule has 2 aromatic carbocycles. The molecule has 3 N–H and O–H groups in total.